The van der Waals surface area contributed by atoms with Crippen LogP contribution in [0.4, 0.5) is 0 Å². The third kappa shape index (κ3) is 1.64. The minimum absolute atomic E-state index is 0.683. The smallest absolute Gasteiger partial charge is 0.0121 e. The van der Waals surface area contributed by atoms with E-state index in [2.05, 4.69) is 30.5 Å². The summed E-state index contributed by atoms with van der Waals surface area (Å²) >= 11 is 2.11. The molecule has 0 aromatic carbocycles. The molecule has 2 aliphatic rings. The summed E-state index contributed by atoms with van der Waals surface area (Å²) in [5.74, 6) is 2.70. The second-order valence-corrected chi connectivity index (χ2v) is 5.70. The number of hydrogen-bond donors (Lipinski definition) is 0. The average Bonchev–Trinajstić information content (AvgIpc) is 2.85. The van der Waals surface area contributed by atoms with E-state index < -0.39 is 0 Å². The molecule has 0 amide bonds. The van der Waals surface area contributed by atoms with Gasteiger partial charge in [-0.3, -0.25) is 4.90 Å². The molecule has 1 heterocycles. The molecule has 2 heteroatoms. The van der Waals surface area contributed by atoms with Crippen molar-refractivity contribution in [3.05, 3.63) is 0 Å². The van der Waals surface area contributed by atoms with Crippen LogP contribution in [0.25, 0.3) is 0 Å². The summed E-state index contributed by atoms with van der Waals surface area (Å²) < 4.78 is 0. The fourth-order valence-corrected chi connectivity index (χ4v) is 2.95. The Morgan fingerprint density at radius 1 is 1.25 bits per heavy atom. The minimum atomic E-state index is 0.683. The standard InChI is InChI=1S/C10H19NS/c1-9(10(2)3-4-10)11-5-7-12-8-6-11/h9H,3-8H2,1-2H3. The van der Waals surface area contributed by atoms with E-state index in [0.717, 1.165) is 6.04 Å². The Labute approximate surface area is 79.9 Å². The Hall–Kier alpha value is 0.310. The predicted octanol–water partition coefficient (Wildman–Crippen LogP) is 2.22. The van der Waals surface area contributed by atoms with Gasteiger partial charge in [0.1, 0.15) is 0 Å². The Bertz CT molecular complexity index is 159. The molecular formula is C10H19NS. The minimum Gasteiger partial charge on any atom is -0.298 e. The van der Waals surface area contributed by atoms with Gasteiger partial charge in [-0.25, -0.2) is 0 Å². The van der Waals surface area contributed by atoms with Gasteiger partial charge in [0.15, 0.2) is 0 Å². The Balaban J connectivity index is 1.89. The van der Waals surface area contributed by atoms with Crippen LogP contribution < -0.4 is 0 Å². The molecule has 1 saturated heterocycles. The first-order valence-electron chi connectivity index (χ1n) is 5.04. The van der Waals surface area contributed by atoms with Crippen molar-refractivity contribution in [3.63, 3.8) is 0 Å². The molecule has 0 aromatic rings. The molecule has 12 heavy (non-hydrogen) atoms. The molecule has 1 aliphatic heterocycles. The van der Waals surface area contributed by atoms with Gasteiger partial charge in [-0.15, -0.1) is 0 Å². The largest absolute Gasteiger partial charge is 0.298 e. The van der Waals surface area contributed by atoms with E-state index in [1.165, 1.54) is 37.4 Å². The van der Waals surface area contributed by atoms with Crippen molar-refractivity contribution in [1.82, 2.24) is 4.90 Å². The van der Waals surface area contributed by atoms with Gasteiger partial charge in [0.25, 0.3) is 0 Å². The quantitative estimate of drug-likeness (QED) is 0.649. The molecular weight excluding hydrogens is 166 g/mol. The van der Waals surface area contributed by atoms with Crippen molar-refractivity contribution in [2.24, 2.45) is 5.41 Å². The Kier molecular flexibility index (Phi) is 2.39. The summed E-state index contributed by atoms with van der Waals surface area (Å²) in [4.78, 5) is 2.68. The number of rotatable bonds is 2. The lowest BCUT2D eigenvalue weighted by Gasteiger charge is -2.35. The van der Waals surface area contributed by atoms with E-state index in [-0.39, 0.29) is 0 Å². The highest BCUT2D eigenvalue weighted by molar-refractivity contribution is 7.99. The molecule has 1 saturated carbocycles. The van der Waals surface area contributed by atoms with Crippen LogP contribution in [0.1, 0.15) is 26.7 Å². The van der Waals surface area contributed by atoms with Crippen molar-refractivity contribution in [3.8, 4) is 0 Å². The van der Waals surface area contributed by atoms with Crippen LogP contribution in [-0.4, -0.2) is 35.5 Å². The van der Waals surface area contributed by atoms with E-state index >= 15 is 0 Å². The van der Waals surface area contributed by atoms with Gasteiger partial charge in [0, 0.05) is 30.6 Å². The van der Waals surface area contributed by atoms with Gasteiger partial charge in [0.05, 0.1) is 0 Å². The van der Waals surface area contributed by atoms with Crippen molar-refractivity contribution in [1.29, 1.82) is 0 Å². The lowest BCUT2D eigenvalue weighted by Crippen LogP contribution is -2.43. The molecule has 0 radical (unpaired) electrons. The summed E-state index contributed by atoms with van der Waals surface area (Å²) in [6.07, 6.45) is 2.91. The van der Waals surface area contributed by atoms with E-state index in [0.29, 0.717) is 5.41 Å². The summed E-state index contributed by atoms with van der Waals surface area (Å²) in [6.45, 7) is 7.51. The fraction of sp³-hybridized carbons (Fsp3) is 1.00. The van der Waals surface area contributed by atoms with Crippen LogP contribution in [-0.2, 0) is 0 Å². The van der Waals surface area contributed by atoms with Crippen LogP contribution in [0.2, 0.25) is 0 Å². The maximum Gasteiger partial charge on any atom is 0.0121 e. The highest BCUT2D eigenvalue weighted by Crippen LogP contribution is 2.49. The van der Waals surface area contributed by atoms with E-state index in [4.69, 9.17) is 0 Å². The maximum absolute atomic E-state index is 2.68. The molecule has 1 aliphatic carbocycles. The van der Waals surface area contributed by atoms with Crippen molar-refractivity contribution in [2.45, 2.75) is 32.7 Å². The molecule has 1 unspecified atom stereocenters. The third-order valence-corrected chi connectivity index (χ3v) is 4.58. The van der Waals surface area contributed by atoms with Gasteiger partial charge in [-0.1, -0.05) is 6.92 Å². The number of hydrogen-bond acceptors (Lipinski definition) is 2. The molecule has 70 valence electrons. The SMILES string of the molecule is CC(N1CCSCC1)C1(C)CC1. The Morgan fingerprint density at radius 2 is 1.83 bits per heavy atom. The van der Waals surface area contributed by atoms with Crippen LogP contribution in [0.5, 0.6) is 0 Å². The van der Waals surface area contributed by atoms with Gasteiger partial charge >= 0.3 is 0 Å². The summed E-state index contributed by atoms with van der Waals surface area (Å²) in [5, 5.41) is 0. The Morgan fingerprint density at radius 3 is 2.33 bits per heavy atom. The van der Waals surface area contributed by atoms with Crippen LogP contribution >= 0.6 is 11.8 Å². The molecule has 1 nitrogen and oxygen atoms in total. The molecule has 0 spiro atoms. The van der Waals surface area contributed by atoms with Gasteiger partial charge in [-0.05, 0) is 25.2 Å². The van der Waals surface area contributed by atoms with Crippen LogP contribution in [0, 0.1) is 5.41 Å². The highest BCUT2D eigenvalue weighted by atomic mass is 32.2. The fourth-order valence-electron chi connectivity index (χ4n) is 2.02. The summed E-state index contributed by atoms with van der Waals surface area (Å²) in [5.41, 5.74) is 0.683. The first-order valence-corrected chi connectivity index (χ1v) is 6.20. The van der Waals surface area contributed by atoms with Gasteiger partial charge in [0.2, 0.25) is 0 Å². The zero-order valence-corrected chi connectivity index (χ0v) is 8.99. The number of nitrogens with zero attached hydrogens (tertiary/aromatic N) is 1. The molecule has 2 fully saturated rings. The zero-order valence-electron chi connectivity index (χ0n) is 8.18. The second kappa shape index (κ2) is 3.22. The molecule has 2 rings (SSSR count). The normalized spacial score (nSPS) is 31.5. The molecule has 0 aromatic heterocycles. The topological polar surface area (TPSA) is 3.24 Å². The van der Waals surface area contributed by atoms with E-state index in [1.54, 1.807) is 0 Å². The maximum atomic E-state index is 2.68. The van der Waals surface area contributed by atoms with Crippen LogP contribution in [0.15, 0.2) is 0 Å². The molecule has 0 N–H and O–H groups in total. The molecule has 1 atom stereocenters. The first-order chi connectivity index (χ1) is 5.72. The van der Waals surface area contributed by atoms with Gasteiger partial charge in [-0.2, -0.15) is 11.8 Å². The van der Waals surface area contributed by atoms with Gasteiger partial charge < -0.3 is 0 Å². The van der Waals surface area contributed by atoms with Crippen LogP contribution in [0.3, 0.4) is 0 Å². The lowest BCUT2D eigenvalue weighted by atomic mass is 9.99. The number of thioether (sulfide) groups is 1. The van der Waals surface area contributed by atoms with Crippen molar-refractivity contribution < 1.29 is 0 Å². The first kappa shape index (κ1) is 8.89. The van der Waals surface area contributed by atoms with Crippen molar-refractivity contribution in [2.75, 3.05) is 24.6 Å². The molecule has 0 bridgehead atoms. The lowest BCUT2D eigenvalue weighted by molar-refractivity contribution is 0.165. The monoisotopic (exact) mass is 185 g/mol. The third-order valence-electron chi connectivity index (χ3n) is 3.64. The average molecular weight is 185 g/mol. The predicted molar refractivity (Wildman–Crippen MR) is 55.7 cm³/mol. The van der Waals surface area contributed by atoms with E-state index in [1.807, 2.05) is 0 Å². The summed E-state index contributed by atoms with van der Waals surface area (Å²) in [7, 11) is 0. The second-order valence-electron chi connectivity index (χ2n) is 4.48. The highest BCUT2D eigenvalue weighted by Gasteiger charge is 2.44. The van der Waals surface area contributed by atoms with E-state index in [9.17, 15) is 0 Å². The van der Waals surface area contributed by atoms with Crippen molar-refractivity contribution >= 4 is 11.8 Å². The summed E-state index contributed by atoms with van der Waals surface area (Å²) in [6, 6.07) is 0.832. The zero-order chi connectivity index (χ0) is 8.60.